The molecule has 3 N–H and O–H groups in total. The van der Waals surface area contributed by atoms with Crippen LogP contribution in [0.15, 0.2) is 66.7 Å². The van der Waals surface area contributed by atoms with E-state index in [-0.39, 0.29) is 24.0 Å². The van der Waals surface area contributed by atoms with Crippen LogP contribution in [-0.2, 0) is 14.3 Å². The van der Waals surface area contributed by atoms with Crippen molar-refractivity contribution in [3.63, 3.8) is 0 Å². The van der Waals surface area contributed by atoms with Crippen molar-refractivity contribution in [1.82, 2.24) is 5.32 Å². The number of nitrogens with one attached hydrogen (secondary N) is 2. The van der Waals surface area contributed by atoms with Gasteiger partial charge in [-0.15, -0.1) is 0 Å². The highest BCUT2D eigenvalue weighted by Gasteiger charge is 2.30. The molecule has 0 radical (unpaired) electrons. The van der Waals surface area contributed by atoms with Crippen molar-refractivity contribution in [2.75, 3.05) is 19.0 Å². The van der Waals surface area contributed by atoms with Crippen molar-refractivity contribution in [1.29, 1.82) is 0 Å². The molecule has 0 saturated carbocycles. The van der Waals surface area contributed by atoms with E-state index in [1.165, 1.54) is 25.3 Å². The molecule has 0 aliphatic heterocycles. The molecule has 1 atom stereocenters. The highest BCUT2D eigenvalue weighted by Crippen LogP contribution is 2.44. The molecule has 0 heterocycles. The van der Waals surface area contributed by atoms with Crippen LogP contribution in [0.4, 0.5) is 14.9 Å². The fourth-order valence-electron chi connectivity index (χ4n) is 4.15. The summed E-state index contributed by atoms with van der Waals surface area (Å²) in [5.74, 6) is -3.35. The molecule has 3 aromatic carbocycles. The number of carboxylic acids is 1. The van der Waals surface area contributed by atoms with Crippen LogP contribution in [0.25, 0.3) is 11.1 Å². The minimum Gasteiger partial charge on any atom is -0.494 e. The molecule has 180 valence electrons. The number of carbonyl (C=O) groups excluding carboxylic acids is 2. The smallest absolute Gasteiger partial charge is 0.407 e. The first kappa shape index (κ1) is 23.7. The van der Waals surface area contributed by atoms with E-state index in [0.717, 1.165) is 22.3 Å². The minimum absolute atomic E-state index is 0.00815. The van der Waals surface area contributed by atoms with Gasteiger partial charge in [-0.2, -0.15) is 0 Å². The molecule has 0 aromatic heterocycles. The summed E-state index contributed by atoms with van der Waals surface area (Å²) in [6.45, 7) is -0.00815. The second-order valence-corrected chi connectivity index (χ2v) is 7.93. The number of amides is 2. The second kappa shape index (κ2) is 10.3. The van der Waals surface area contributed by atoms with Gasteiger partial charge >= 0.3 is 12.1 Å². The van der Waals surface area contributed by atoms with Crippen LogP contribution in [-0.4, -0.2) is 42.8 Å². The first-order valence-electron chi connectivity index (χ1n) is 10.9. The summed E-state index contributed by atoms with van der Waals surface area (Å²) in [5, 5.41) is 13.8. The van der Waals surface area contributed by atoms with E-state index in [1.54, 1.807) is 0 Å². The van der Waals surface area contributed by atoms with Crippen LogP contribution in [0, 0.1) is 5.82 Å². The average molecular weight is 478 g/mol. The fourth-order valence-corrected chi connectivity index (χ4v) is 4.15. The van der Waals surface area contributed by atoms with Crippen LogP contribution >= 0.6 is 0 Å². The monoisotopic (exact) mass is 478 g/mol. The topological polar surface area (TPSA) is 114 Å². The van der Waals surface area contributed by atoms with Gasteiger partial charge < -0.3 is 25.2 Å². The van der Waals surface area contributed by atoms with E-state index in [1.807, 2.05) is 48.5 Å². The lowest BCUT2D eigenvalue weighted by atomic mass is 9.98. The highest BCUT2D eigenvalue weighted by atomic mass is 19.1. The molecule has 0 saturated heterocycles. The number of carboxylic acid groups (broad SMARTS) is 1. The number of anilines is 1. The van der Waals surface area contributed by atoms with E-state index < -0.39 is 36.2 Å². The van der Waals surface area contributed by atoms with Crippen molar-refractivity contribution in [2.45, 2.75) is 18.4 Å². The summed E-state index contributed by atoms with van der Waals surface area (Å²) in [7, 11) is 1.27. The zero-order valence-corrected chi connectivity index (χ0v) is 18.8. The maximum absolute atomic E-state index is 14.4. The van der Waals surface area contributed by atoms with Gasteiger partial charge in [-0.05, 0) is 34.4 Å². The van der Waals surface area contributed by atoms with Crippen molar-refractivity contribution in [3.05, 3.63) is 83.7 Å². The van der Waals surface area contributed by atoms with Crippen molar-refractivity contribution < 1.29 is 33.4 Å². The number of carbonyl (C=O) groups is 3. The molecule has 1 unspecified atom stereocenters. The average Bonchev–Trinajstić information content (AvgIpc) is 3.17. The van der Waals surface area contributed by atoms with Crippen LogP contribution in [0.3, 0.4) is 0 Å². The third kappa shape index (κ3) is 5.08. The summed E-state index contributed by atoms with van der Waals surface area (Å²) in [4.78, 5) is 36.5. The molecular formula is C26H23FN2O6. The molecule has 0 spiro atoms. The third-order valence-corrected chi connectivity index (χ3v) is 5.77. The Morgan fingerprint density at radius 2 is 1.60 bits per heavy atom. The number of hydrogen-bond acceptors (Lipinski definition) is 5. The number of aliphatic carboxylic acids is 1. The zero-order chi connectivity index (χ0) is 24.9. The van der Waals surface area contributed by atoms with Gasteiger partial charge in [0.1, 0.15) is 12.6 Å². The van der Waals surface area contributed by atoms with Gasteiger partial charge in [-0.1, -0.05) is 54.6 Å². The normalized spacial score (nSPS) is 12.7. The van der Waals surface area contributed by atoms with Crippen molar-refractivity contribution >= 4 is 23.7 Å². The fraction of sp³-hybridized carbons (Fsp3) is 0.192. The predicted molar refractivity (Wildman–Crippen MR) is 126 cm³/mol. The zero-order valence-electron chi connectivity index (χ0n) is 18.8. The summed E-state index contributed by atoms with van der Waals surface area (Å²) in [6.07, 6.45) is -1.68. The first-order chi connectivity index (χ1) is 16.9. The molecule has 2 amide bonds. The van der Waals surface area contributed by atoms with Gasteiger partial charge in [0.15, 0.2) is 11.6 Å². The first-order valence-corrected chi connectivity index (χ1v) is 10.9. The summed E-state index contributed by atoms with van der Waals surface area (Å²) in [6, 6.07) is 18.2. The largest absolute Gasteiger partial charge is 0.494 e. The number of fused-ring (bicyclic) bond motifs is 3. The molecular weight excluding hydrogens is 455 g/mol. The molecule has 9 heteroatoms. The molecule has 4 rings (SSSR count). The summed E-state index contributed by atoms with van der Waals surface area (Å²) < 4.78 is 24.7. The Hall–Kier alpha value is -4.40. The van der Waals surface area contributed by atoms with Gasteiger partial charge in [0.05, 0.1) is 19.2 Å². The van der Waals surface area contributed by atoms with E-state index >= 15 is 0 Å². The second-order valence-electron chi connectivity index (χ2n) is 7.93. The van der Waals surface area contributed by atoms with Gasteiger partial charge in [-0.25, -0.2) is 9.18 Å². The number of benzene rings is 3. The van der Waals surface area contributed by atoms with Gasteiger partial charge in [-0.3, -0.25) is 9.59 Å². The number of alkyl carbamates (subject to hydrolysis) is 1. The Morgan fingerprint density at radius 1 is 0.971 bits per heavy atom. The van der Waals surface area contributed by atoms with Gasteiger partial charge in [0.2, 0.25) is 5.91 Å². The van der Waals surface area contributed by atoms with E-state index in [9.17, 15) is 23.9 Å². The van der Waals surface area contributed by atoms with E-state index in [0.29, 0.717) is 0 Å². The van der Waals surface area contributed by atoms with Gasteiger partial charge in [0, 0.05) is 5.92 Å². The number of ether oxygens (including phenoxy) is 2. The summed E-state index contributed by atoms with van der Waals surface area (Å²) in [5.41, 5.74) is 3.92. The number of halogens is 1. The Kier molecular flexibility index (Phi) is 6.96. The van der Waals surface area contributed by atoms with E-state index in [2.05, 4.69) is 10.6 Å². The Balaban J connectivity index is 1.44. The lowest BCUT2D eigenvalue weighted by Crippen LogP contribution is -2.45. The summed E-state index contributed by atoms with van der Waals surface area (Å²) >= 11 is 0. The SMILES string of the molecule is COc1cccc(NC(=O)C(CC(=O)O)NC(=O)OCC2c3ccccc3-c3ccccc32)c1F. The Bertz CT molecular complexity index is 1230. The molecule has 35 heavy (non-hydrogen) atoms. The molecule has 0 bridgehead atoms. The number of rotatable bonds is 8. The number of methoxy groups -OCH3 is 1. The van der Waals surface area contributed by atoms with Gasteiger partial charge in [0.25, 0.3) is 0 Å². The maximum atomic E-state index is 14.4. The highest BCUT2D eigenvalue weighted by molar-refractivity contribution is 5.98. The molecule has 8 nitrogen and oxygen atoms in total. The molecule has 1 aliphatic rings. The van der Waals surface area contributed by atoms with Crippen LogP contribution < -0.4 is 15.4 Å². The van der Waals surface area contributed by atoms with Crippen molar-refractivity contribution in [2.24, 2.45) is 0 Å². The lowest BCUT2D eigenvalue weighted by molar-refractivity contribution is -0.139. The molecule has 3 aromatic rings. The molecule has 1 aliphatic carbocycles. The van der Waals surface area contributed by atoms with Crippen LogP contribution in [0.1, 0.15) is 23.5 Å². The Morgan fingerprint density at radius 3 is 2.20 bits per heavy atom. The quantitative estimate of drug-likeness (QED) is 0.448. The maximum Gasteiger partial charge on any atom is 0.407 e. The van der Waals surface area contributed by atoms with Crippen LogP contribution in [0.2, 0.25) is 0 Å². The van der Waals surface area contributed by atoms with Crippen LogP contribution in [0.5, 0.6) is 5.75 Å². The molecule has 0 fully saturated rings. The lowest BCUT2D eigenvalue weighted by Gasteiger charge is -2.19. The minimum atomic E-state index is -1.49. The third-order valence-electron chi connectivity index (χ3n) is 5.77. The predicted octanol–water partition coefficient (Wildman–Crippen LogP) is 4.15. The number of hydrogen-bond donors (Lipinski definition) is 3. The Labute approximate surface area is 200 Å². The van der Waals surface area contributed by atoms with Crippen molar-refractivity contribution in [3.8, 4) is 16.9 Å². The standard InChI is InChI=1S/C26H23FN2O6/c1-34-22-12-6-11-20(24(22)27)28-25(32)21(13-23(30)31)29-26(33)35-14-19-17-9-4-2-7-15(17)16-8-3-5-10-18(16)19/h2-12,19,21H,13-14H2,1H3,(H,28,32)(H,29,33)(H,30,31). The van der Waals surface area contributed by atoms with E-state index in [4.69, 9.17) is 9.47 Å².